The van der Waals surface area contributed by atoms with Crippen LogP contribution in [0.5, 0.6) is 11.5 Å². The normalized spacial score (nSPS) is 10.6. The zero-order chi connectivity index (χ0) is 14.2. The lowest BCUT2D eigenvalue weighted by molar-refractivity contribution is 0.358. The Morgan fingerprint density at radius 2 is 1.32 bits per heavy atom. The standard InChI is InChI=1S/C13H8F4O2/c1-19-7-4-2-6(3-5-7)8-9(14)11(16)13(18)12(17)10(8)15/h2-5,18H,1H3. The van der Waals surface area contributed by atoms with Crippen molar-refractivity contribution in [3.05, 3.63) is 47.5 Å². The highest BCUT2D eigenvalue weighted by Crippen LogP contribution is 2.35. The number of phenolic OH excluding ortho intramolecular Hbond substituents is 1. The average Bonchev–Trinajstić information content (AvgIpc) is 2.44. The molecule has 0 aliphatic carbocycles. The van der Waals surface area contributed by atoms with Crippen LogP contribution in [-0.2, 0) is 0 Å². The molecule has 0 atom stereocenters. The molecule has 2 aromatic carbocycles. The van der Waals surface area contributed by atoms with Gasteiger partial charge in [0.1, 0.15) is 5.75 Å². The lowest BCUT2D eigenvalue weighted by Gasteiger charge is -2.09. The molecule has 0 saturated carbocycles. The molecule has 19 heavy (non-hydrogen) atoms. The molecule has 0 amide bonds. The Bertz CT molecular complexity index is 595. The predicted octanol–water partition coefficient (Wildman–Crippen LogP) is 3.62. The minimum Gasteiger partial charge on any atom is -0.503 e. The fourth-order valence-corrected chi connectivity index (χ4v) is 1.63. The highest BCUT2D eigenvalue weighted by Gasteiger charge is 2.25. The number of methoxy groups -OCH3 is 1. The Balaban J connectivity index is 2.67. The molecule has 0 saturated heterocycles. The van der Waals surface area contributed by atoms with Crippen molar-refractivity contribution in [2.45, 2.75) is 0 Å². The summed E-state index contributed by atoms with van der Waals surface area (Å²) in [6.45, 7) is 0. The van der Waals surface area contributed by atoms with Crippen LogP contribution in [0.3, 0.4) is 0 Å². The van der Waals surface area contributed by atoms with Crippen molar-refractivity contribution in [2.75, 3.05) is 7.11 Å². The van der Waals surface area contributed by atoms with Gasteiger partial charge in [-0.2, -0.15) is 8.78 Å². The number of hydrogen-bond donors (Lipinski definition) is 1. The maximum Gasteiger partial charge on any atom is 0.204 e. The van der Waals surface area contributed by atoms with Crippen LogP contribution >= 0.6 is 0 Å². The predicted molar refractivity (Wildman–Crippen MR) is 59.9 cm³/mol. The number of hydrogen-bond acceptors (Lipinski definition) is 2. The van der Waals surface area contributed by atoms with Gasteiger partial charge >= 0.3 is 0 Å². The van der Waals surface area contributed by atoms with Crippen molar-refractivity contribution in [1.29, 1.82) is 0 Å². The molecule has 6 heteroatoms. The summed E-state index contributed by atoms with van der Waals surface area (Å²) in [5, 5.41) is 8.87. The van der Waals surface area contributed by atoms with E-state index in [1.165, 1.54) is 31.4 Å². The monoisotopic (exact) mass is 272 g/mol. The minimum atomic E-state index is -1.83. The van der Waals surface area contributed by atoms with E-state index in [9.17, 15) is 17.6 Å². The Morgan fingerprint density at radius 1 is 0.842 bits per heavy atom. The van der Waals surface area contributed by atoms with Crippen LogP contribution in [0.4, 0.5) is 17.6 Å². The van der Waals surface area contributed by atoms with Gasteiger partial charge in [-0.1, -0.05) is 12.1 Å². The molecular weight excluding hydrogens is 264 g/mol. The van der Waals surface area contributed by atoms with Crippen molar-refractivity contribution in [3.8, 4) is 22.6 Å². The summed E-state index contributed by atoms with van der Waals surface area (Å²) in [6.07, 6.45) is 0. The molecule has 0 aliphatic rings. The molecule has 0 aliphatic heterocycles. The van der Waals surface area contributed by atoms with Crippen molar-refractivity contribution in [2.24, 2.45) is 0 Å². The summed E-state index contributed by atoms with van der Waals surface area (Å²) < 4.78 is 58.5. The molecule has 0 bridgehead atoms. The van der Waals surface area contributed by atoms with Crippen LogP contribution in [0, 0.1) is 23.3 Å². The van der Waals surface area contributed by atoms with Gasteiger partial charge in [-0.05, 0) is 17.7 Å². The molecule has 2 rings (SSSR count). The first-order valence-corrected chi connectivity index (χ1v) is 5.16. The molecular formula is C13H8F4O2. The van der Waals surface area contributed by atoms with Gasteiger partial charge in [0.2, 0.25) is 11.6 Å². The molecule has 0 spiro atoms. The van der Waals surface area contributed by atoms with E-state index in [-0.39, 0.29) is 5.56 Å². The molecule has 0 aromatic heterocycles. The summed E-state index contributed by atoms with van der Waals surface area (Å²) >= 11 is 0. The average molecular weight is 272 g/mol. The quantitative estimate of drug-likeness (QED) is 0.668. The number of ether oxygens (including phenoxy) is 1. The van der Waals surface area contributed by atoms with Crippen LogP contribution in [-0.4, -0.2) is 12.2 Å². The van der Waals surface area contributed by atoms with Crippen molar-refractivity contribution < 1.29 is 27.4 Å². The Labute approximate surface area is 105 Å². The van der Waals surface area contributed by atoms with Gasteiger partial charge in [0, 0.05) is 0 Å². The third-order valence-electron chi connectivity index (χ3n) is 2.62. The Kier molecular flexibility index (Phi) is 3.33. The van der Waals surface area contributed by atoms with E-state index >= 15 is 0 Å². The third kappa shape index (κ3) is 2.09. The van der Waals surface area contributed by atoms with Crippen molar-refractivity contribution >= 4 is 0 Å². The molecule has 0 radical (unpaired) electrons. The van der Waals surface area contributed by atoms with Crippen molar-refractivity contribution in [3.63, 3.8) is 0 Å². The zero-order valence-electron chi connectivity index (χ0n) is 9.68. The first kappa shape index (κ1) is 13.2. The number of aromatic hydroxyl groups is 1. The van der Waals surface area contributed by atoms with Crippen LogP contribution in [0.15, 0.2) is 24.3 Å². The number of rotatable bonds is 2. The van der Waals surface area contributed by atoms with Crippen LogP contribution in [0.1, 0.15) is 0 Å². The van der Waals surface area contributed by atoms with Gasteiger partial charge in [0.05, 0.1) is 12.7 Å². The maximum atomic E-state index is 13.6. The summed E-state index contributed by atoms with van der Waals surface area (Å²) in [7, 11) is 1.40. The molecule has 100 valence electrons. The minimum absolute atomic E-state index is 0.0754. The molecule has 2 aromatic rings. The van der Waals surface area contributed by atoms with E-state index < -0.39 is 34.6 Å². The second-order valence-corrected chi connectivity index (χ2v) is 3.71. The van der Waals surface area contributed by atoms with Gasteiger partial charge < -0.3 is 9.84 Å². The van der Waals surface area contributed by atoms with Gasteiger partial charge in [-0.25, -0.2) is 8.78 Å². The molecule has 0 unspecified atom stereocenters. The highest BCUT2D eigenvalue weighted by atomic mass is 19.2. The van der Waals surface area contributed by atoms with E-state index in [1.54, 1.807) is 0 Å². The van der Waals surface area contributed by atoms with Crippen LogP contribution in [0.2, 0.25) is 0 Å². The van der Waals surface area contributed by atoms with Gasteiger partial charge in [-0.15, -0.1) is 0 Å². The van der Waals surface area contributed by atoms with Gasteiger partial charge in [-0.3, -0.25) is 0 Å². The second-order valence-electron chi connectivity index (χ2n) is 3.71. The number of halogens is 4. The SMILES string of the molecule is COc1ccc(-c2c(F)c(F)c(O)c(F)c2F)cc1. The van der Waals surface area contributed by atoms with E-state index in [0.717, 1.165) is 0 Å². The first-order valence-electron chi connectivity index (χ1n) is 5.16. The summed E-state index contributed by atoms with van der Waals surface area (Å²) in [5.41, 5.74) is -0.955. The molecule has 2 nitrogen and oxygen atoms in total. The summed E-state index contributed by atoms with van der Waals surface area (Å²) in [4.78, 5) is 0. The molecule has 0 heterocycles. The maximum absolute atomic E-state index is 13.6. The third-order valence-corrected chi connectivity index (χ3v) is 2.62. The zero-order valence-corrected chi connectivity index (χ0v) is 9.68. The van der Waals surface area contributed by atoms with Crippen molar-refractivity contribution in [1.82, 2.24) is 0 Å². The molecule has 1 N–H and O–H groups in total. The van der Waals surface area contributed by atoms with E-state index in [4.69, 9.17) is 9.84 Å². The topological polar surface area (TPSA) is 29.5 Å². The highest BCUT2D eigenvalue weighted by molar-refractivity contribution is 5.67. The first-order chi connectivity index (χ1) is 8.97. The van der Waals surface area contributed by atoms with E-state index in [0.29, 0.717) is 5.75 Å². The number of benzene rings is 2. The fourth-order valence-electron chi connectivity index (χ4n) is 1.63. The molecule has 0 fully saturated rings. The van der Waals surface area contributed by atoms with Crippen LogP contribution in [0.25, 0.3) is 11.1 Å². The number of phenols is 1. The van der Waals surface area contributed by atoms with E-state index in [2.05, 4.69) is 0 Å². The summed E-state index contributed by atoms with van der Waals surface area (Å²) in [6, 6.07) is 5.26. The van der Waals surface area contributed by atoms with E-state index in [1.807, 2.05) is 0 Å². The lowest BCUT2D eigenvalue weighted by atomic mass is 10.0. The largest absolute Gasteiger partial charge is 0.503 e. The van der Waals surface area contributed by atoms with Gasteiger partial charge in [0.15, 0.2) is 17.4 Å². The Morgan fingerprint density at radius 3 is 1.74 bits per heavy atom. The lowest BCUT2D eigenvalue weighted by Crippen LogP contribution is -2.00. The van der Waals surface area contributed by atoms with Crippen LogP contribution < -0.4 is 4.74 Å². The summed E-state index contributed by atoms with van der Waals surface area (Å²) in [5.74, 6) is -8.21. The fraction of sp³-hybridized carbons (Fsp3) is 0.0769. The Hall–Kier alpha value is -2.24. The second kappa shape index (κ2) is 4.79. The van der Waals surface area contributed by atoms with Gasteiger partial charge in [0.25, 0.3) is 0 Å². The smallest absolute Gasteiger partial charge is 0.204 e.